The van der Waals surface area contributed by atoms with E-state index in [1.165, 1.54) is 18.2 Å². The van der Waals surface area contributed by atoms with Crippen LogP contribution in [0.4, 0.5) is 4.79 Å². The molecule has 0 aliphatic heterocycles. The predicted molar refractivity (Wildman–Crippen MR) is 102 cm³/mol. The summed E-state index contributed by atoms with van der Waals surface area (Å²) < 4.78 is 34.8. The molecular weight excluding hydrogens is 384 g/mol. The molecule has 9 nitrogen and oxygen atoms in total. The summed E-state index contributed by atoms with van der Waals surface area (Å²) in [5.41, 5.74) is 0. The SMILES string of the molecule is Cc1nc([C@H](CC(C)C)NC(=O)Oc2cccc(S(=O)(=O)CC(C)C)n2)no1. The summed E-state index contributed by atoms with van der Waals surface area (Å²) in [5.74, 6) is 0.813. The smallest absolute Gasteiger partial charge is 0.391 e. The van der Waals surface area contributed by atoms with Crippen LogP contribution in [0, 0.1) is 18.8 Å². The van der Waals surface area contributed by atoms with Gasteiger partial charge in [0.05, 0.1) is 11.8 Å². The summed E-state index contributed by atoms with van der Waals surface area (Å²) >= 11 is 0. The van der Waals surface area contributed by atoms with Gasteiger partial charge in [0.2, 0.25) is 11.8 Å². The summed E-state index contributed by atoms with van der Waals surface area (Å²) in [6.07, 6.45) is -0.205. The fourth-order valence-electron chi connectivity index (χ4n) is 2.57. The van der Waals surface area contributed by atoms with Crippen molar-refractivity contribution >= 4 is 15.9 Å². The molecule has 0 saturated heterocycles. The Labute approximate surface area is 164 Å². The Kier molecular flexibility index (Phi) is 7.11. The molecule has 2 aromatic heterocycles. The van der Waals surface area contributed by atoms with Crippen molar-refractivity contribution in [2.45, 2.75) is 52.1 Å². The van der Waals surface area contributed by atoms with Crippen LogP contribution in [0.2, 0.25) is 0 Å². The summed E-state index contributed by atoms with van der Waals surface area (Å²) in [6.45, 7) is 9.27. The number of aromatic nitrogens is 3. The molecule has 0 unspecified atom stereocenters. The van der Waals surface area contributed by atoms with Gasteiger partial charge in [0.1, 0.15) is 0 Å². The number of aryl methyl sites for hydroxylation is 1. The first-order valence-corrected chi connectivity index (χ1v) is 10.7. The number of sulfone groups is 1. The van der Waals surface area contributed by atoms with E-state index < -0.39 is 22.0 Å². The molecule has 0 radical (unpaired) electrons. The van der Waals surface area contributed by atoms with Crippen LogP contribution >= 0.6 is 0 Å². The molecular formula is C18H26N4O5S. The van der Waals surface area contributed by atoms with E-state index in [9.17, 15) is 13.2 Å². The molecule has 28 heavy (non-hydrogen) atoms. The van der Waals surface area contributed by atoms with E-state index in [-0.39, 0.29) is 28.5 Å². The van der Waals surface area contributed by atoms with Crippen LogP contribution in [0.3, 0.4) is 0 Å². The maximum Gasteiger partial charge on any atom is 0.414 e. The fraction of sp³-hybridized carbons (Fsp3) is 0.556. The molecule has 0 fully saturated rings. The Bertz CT molecular complexity index is 908. The summed E-state index contributed by atoms with van der Waals surface area (Å²) in [7, 11) is -3.55. The number of pyridine rings is 1. The zero-order chi connectivity index (χ0) is 20.9. The van der Waals surface area contributed by atoms with Gasteiger partial charge in [0, 0.05) is 13.0 Å². The average molecular weight is 410 g/mol. The number of nitrogens with zero attached hydrogens (tertiary/aromatic N) is 3. The second-order valence-electron chi connectivity index (χ2n) is 7.38. The van der Waals surface area contributed by atoms with Gasteiger partial charge < -0.3 is 14.6 Å². The fourth-order valence-corrected chi connectivity index (χ4v) is 4.14. The number of hydrogen-bond acceptors (Lipinski definition) is 8. The number of nitrogens with one attached hydrogen (secondary N) is 1. The van der Waals surface area contributed by atoms with Gasteiger partial charge in [-0.2, -0.15) is 4.98 Å². The van der Waals surface area contributed by atoms with Gasteiger partial charge in [-0.1, -0.05) is 38.9 Å². The van der Waals surface area contributed by atoms with Crippen LogP contribution in [0.25, 0.3) is 0 Å². The van der Waals surface area contributed by atoms with Crippen molar-refractivity contribution in [1.82, 2.24) is 20.4 Å². The molecule has 10 heteroatoms. The molecule has 0 spiro atoms. The van der Waals surface area contributed by atoms with E-state index in [1.807, 2.05) is 13.8 Å². The van der Waals surface area contributed by atoms with Gasteiger partial charge in [-0.3, -0.25) is 0 Å². The van der Waals surface area contributed by atoms with Crippen LogP contribution in [0.15, 0.2) is 27.7 Å². The largest absolute Gasteiger partial charge is 0.414 e. The summed E-state index contributed by atoms with van der Waals surface area (Å²) in [6, 6.07) is 3.78. The normalized spacial score (nSPS) is 13.0. The Morgan fingerprint density at radius 3 is 2.46 bits per heavy atom. The monoisotopic (exact) mass is 410 g/mol. The lowest BCUT2D eigenvalue weighted by atomic mass is 10.0. The third-order valence-electron chi connectivity index (χ3n) is 3.62. The van der Waals surface area contributed by atoms with Crippen molar-refractivity contribution < 1.29 is 22.5 Å². The van der Waals surface area contributed by atoms with Crippen molar-refractivity contribution in [3.63, 3.8) is 0 Å². The predicted octanol–water partition coefficient (Wildman–Crippen LogP) is 3.08. The van der Waals surface area contributed by atoms with E-state index in [4.69, 9.17) is 9.26 Å². The van der Waals surface area contributed by atoms with Crippen LogP contribution in [-0.2, 0) is 9.84 Å². The minimum absolute atomic E-state index is 0.0384. The molecule has 0 aliphatic rings. The topological polar surface area (TPSA) is 124 Å². The third-order valence-corrected chi connectivity index (χ3v) is 5.59. The number of carbonyl (C=O) groups excluding carboxylic acids is 1. The minimum Gasteiger partial charge on any atom is -0.391 e. The highest BCUT2D eigenvalue weighted by atomic mass is 32.2. The van der Waals surface area contributed by atoms with Crippen LogP contribution in [0.1, 0.15) is 51.9 Å². The lowest BCUT2D eigenvalue weighted by molar-refractivity contribution is 0.191. The lowest BCUT2D eigenvalue weighted by Crippen LogP contribution is -2.33. The van der Waals surface area contributed by atoms with Crippen LogP contribution in [-0.4, -0.2) is 35.4 Å². The Balaban J connectivity index is 2.12. The van der Waals surface area contributed by atoms with Gasteiger partial charge in [0.25, 0.3) is 0 Å². The second-order valence-corrected chi connectivity index (χ2v) is 9.36. The second kappa shape index (κ2) is 9.13. The number of rotatable bonds is 8. The Hall–Kier alpha value is -2.49. The van der Waals surface area contributed by atoms with E-state index in [0.29, 0.717) is 18.1 Å². The molecule has 0 bridgehead atoms. The molecule has 1 N–H and O–H groups in total. The van der Waals surface area contributed by atoms with Crippen molar-refractivity contribution in [1.29, 1.82) is 0 Å². The van der Waals surface area contributed by atoms with Crippen molar-refractivity contribution in [3.05, 3.63) is 29.9 Å². The molecule has 2 heterocycles. The average Bonchev–Trinajstić information content (AvgIpc) is 2.99. The van der Waals surface area contributed by atoms with Gasteiger partial charge in [-0.25, -0.2) is 18.2 Å². The van der Waals surface area contributed by atoms with Crippen molar-refractivity contribution in [2.24, 2.45) is 11.8 Å². The zero-order valence-corrected chi connectivity index (χ0v) is 17.5. The number of ether oxygens (including phenoxy) is 1. The molecule has 2 aromatic rings. The Morgan fingerprint density at radius 1 is 1.18 bits per heavy atom. The summed E-state index contributed by atoms with van der Waals surface area (Å²) in [5, 5.41) is 6.41. The standard InChI is InChI=1S/C18H26N4O5S/c1-11(2)9-14(17-19-13(5)27-22-17)20-18(23)26-15-7-6-8-16(21-15)28(24,25)10-12(3)4/h6-8,11-12,14H,9-10H2,1-5H3,(H,20,23)/t14-/m0/s1. The molecule has 0 aromatic carbocycles. The third kappa shape index (κ3) is 6.29. The van der Waals surface area contributed by atoms with Gasteiger partial charge in [-0.05, 0) is 24.3 Å². The highest BCUT2D eigenvalue weighted by Crippen LogP contribution is 2.20. The van der Waals surface area contributed by atoms with E-state index in [1.54, 1.807) is 20.8 Å². The first-order chi connectivity index (χ1) is 13.1. The van der Waals surface area contributed by atoms with E-state index in [2.05, 4.69) is 20.4 Å². The highest BCUT2D eigenvalue weighted by Gasteiger charge is 2.23. The number of carbonyl (C=O) groups is 1. The minimum atomic E-state index is -3.55. The van der Waals surface area contributed by atoms with E-state index >= 15 is 0 Å². The highest BCUT2D eigenvalue weighted by molar-refractivity contribution is 7.91. The van der Waals surface area contributed by atoms with Gasteiger partial charge in [-0.15, -0.1) is 0 Å². The maximum absolute atomic E-state index is 12.3. The molecule has 1 atom stereocenters. The zero-order valence-electron chi connectivity index (χ0n) is 16.7. The molecule has 154 valence electrons. The summed E-state index contributed by atoms with van der Waals surface area (Å²) in [4.78, 5) is 20.4. The molecule has 1 amide bonds. The first kappa shape index (κ1) is 21.8. The number of hydrogen-bond donors (Lipinski definition) is 1. The van der Waals surface area contributed by atoms with Gasteiger partial charge >= 0.3 is 6.09 Å². The van der Waals surface area contributed by atoms with Crippen molar-refractivity contribution in [3.8, 4) is 5.88 Å². The molecule has 0 aliphatic carbocycles. The molecule has 2 rings (SSSR count). The van der Waals surface area contributed by atoms with E-state index in [0.717, 1.165) is 0 Å². The van der Waals surface area contributed by atoms with Crippen LogP contribution < -0.4 is 10.1 Å². The lowest BCUT2D eigenvalue weighted by Gasteiger charge is -2.17. The Morgan fingerprint density at radius 2 is 1.89 bits per heavy atom. The van der Waals surface area contributed by atoms with Gasteiger partial charge in [0.15, 0.2) is 20.7 Å². The van der Waals surface area contributed by atoms with Crippen LogP contribution in [0.5, 0.6) is 5.88 Å². The first-order valence-electron chi connectivity index (χ1n) is 9.05. The quantitative estimate of drug-likeness (QED) is 0.704. The number of amides is 1. The van der Waals surface area contributed by atoms with Crippen molar-refractivity contribution in [2.75, 3.05) is 5.75 Å². The molecule has 0 saturated carbocycles. The maximum atomic E-state index is 12.3.